The Morgan fingerprint density at radius 2 is 2.14 bits per heavy atom. The van der Waals surface area contributed by atoms with Crippen LogP contribution in [-0.4, -0.2) is 39.5 Å². The lowest BCUT2D eigenvalue weighted by molar-refractivity contribution is -0.113. The van der Waals surface area contributed by atoms with Crippen LogP contribution in [-0.2, 0) is 16.1 Å². The third kappa shape index (κ3) is 4.87. The summed E-state index contributed by atoms with van der Waals surface area (Å²) in [7, 11) is 1.30. The lowest BCUT2D eigenvalue weighted by Crippen LogP contribution is -2.16. The van der Waals surface area contributed by atoms with E-state index in [4.69, 9.17) is 16.3 Å². The van der Waals surface area contributed by atoms with E-state index in [1.54, 1.807) is 23.6 Å². The molecule has 2 heterocycles. The molecule has 0 spiro atoms. The molecule has 0 atom stereocenters. The van der Waals surface area contributed by atoms with E-state index in [1.807, 2.05) is 22.8 Å². The van der Waals surface area contributed by atoms with E-state index in [-0.39, 0.29) is 11.7 Å². The smallest absolute Gasteiger partial charge is 0.340 e. The number of halogens is 1. The molecule has 0 unspecified atom stereocenters. The Bertz CT molecular complexity index is 1050. The van der Waals surface area contributed by atoms with Crippen LogP contribution in [0, 0.1) is 0 Å². The highest BCUT2D eigenvalue weighted by Gasteiger charge is 2.18. The van der Waals surface area contributed by atoms with Crippen molar-refractivity contribution in [3.05, 3.63) is 59.0 Å². The summed E-state index contributed by atoms with van der Waals surface area (Å²) >= 11 is 8.77. The monoisotopic (exact) mass is 448 g/mol. The van der Waals surface area contributed by atoms with Gasteiger partial charge in [0.2, 0.25) is 5.91 Å². The van der Waals surface area contributed by atoms with E-state index in [0.717, 1.165) is 5.56 Å². The standard InChI is InChI=1S/C19H17ClN4O3S2/c1-3-9-24-16(12-6-4-5-7-14(12)20)22-23-19(24)29-11-15(25)21-17-13(8-10-28-17)18(26)27-2/h3-8,10H,1,9,11H2,2H3,(H,21,25). The Morgan fingerprint density at radius 3 is 2.86 bits per heavy atom. The van der Waals surface area contributed by atoms with Crippen molar-refractivity contribution in [1.82, 2.24) is 14.8 Å². The minimum atomic E-state index is -0.496. The van der Waals surface area contributed by atoms with Gasteiger partial charge in [0.05, 0.1) is 23.4 Å². The first kappa shape index (κ1) is 21.1. The summed E-state index contributed by atoms with van der Waals surface area (Å²) in [5.41, 5.74) is 1.08. The maximum absolute atomic E-state index is 12.4. The fourth-order valence-corrected chi connectivity index (χ4v) is 4.26. The molecule has 0 radical (unpaired) electrons. The second-order valence-corrected chi connectivity index (χ2v) is 7.94. The van der Waals surface area contributed by atoms with Crippen LogP contribution < -0.4 is 5.32 Å². The van der Waals surface area contributed by atoms with Crippen LogP contribution in [0.4, 0.5) is 5.00 Å². The number of nitrogens with one attached hydrogen (secondary N) is 1. The first-order chi connectivity index (χ1) is 14.0. The maximum atomic E-state index is 12.4. The van der Waals surface area contributed by atoms with Gasteiger partial charge in [-0.1, -0.05) is 41.6 Å². The number of rotatable bonds is 8. The summed E-state index contributed by atoms with van der Waals surface area (Å²) in [6.07, 6.45) is 1.72. The average Bonchev–Trinajstić information content (AvgIpc) is 3.34. The maximum Gasteiger partial charge on any atom is 0.340 e. The normalized spacial score (nSPS) is 10.6. The first-order valence-electron chi connectivity index (χ1n) is 8.42. The number of methoxy groups -OCH3 is 1. The van der Waals surface area contributed by atoms with Gasteiger partial charge in [0.25, 0.3) is 0 Å². The summed E-state index contributed by atoms with van der Waals surface area (Å²) in [5.74, 6) is -0.0694. The molecular formula is C19H17ClN4O3S2. The molecule has 0 saturated heterocycles. The molecule has 10 heteroatoms. The third-order valence-corrected chi connectivity index (χ3v) is 5.93. The van der Waals surface area contributed by atoms with Crippen LogP contribution in [0.25, 0.3) is 11.4 Å². The molecule has 0 aliphatic heterocycles. The number of carbonyl (C=O) groups is 2. The Hall–Kier alpha value is -2.62. The molecule has 0 aliphatic rings. The topological polar surface area (TPSA) is 86.1 Å². The van der Waals surface area contributed by atoms with E-state index >= 15 is 0 Å². The molecule has 3 rings (SSSR count). The lowest BCUT2D eigenvalue weighted by atomic mass is 10.2. The minimum absolute atomic E-state index is 0.0936. The molecule has 150 valence electrons. The molecule has 0 saturated carbocycles. The van der Waals surface area contributed by atoms with Gasteiger partial charge >= 0.3 is 5.97 Å². The van der Waals surface area contributed by atoms with Gasteiger partial charge in [0.15, 0.2) is 11.0 Å². The highest BCUT2D eigenvalue weighted by atomic mass is 35.5. The van der Waals surface area contributed by atoms with E-state index in [2.05, 4.69) is 22.1 Å². The molecule has 29 heavy (non-hydrogen) atoms. The number of thiophene rings is 1. The second-order valence-electron chi connectivity index (χ2n) is 5.68. The van der Waals surface area contributed by atoms with Crippen molar-refractivity contribution < 1.29 is 14.3 Å². The number of anilines is 1. The number of allylic oxidation sites excluding steroid dienone is 1. The number of hydrogen-bond acceptors (Lipinski definition) is 7. The zero-order valence-electron chi connectivity index (χ0n) is 15.4. The molecule has 0 fully saturated rings. The fourth-order valence-electron chi connectivity index (χ4n) is 2.50. The van der Waals surface area contributed by atoms with Gasteiger partial charge in [0, 0.05) is 12.1 Å². The molecule has 3 aromatic rings. The first-order valence-corrected chi connectivity index (χ1v) is 10.7. The van der Waals surface area contributed by atoms with Gasteiger partial charge < -0.3 is 10.1 Å². The van der Waals surface area contributed by atoms with Crippen LogP contribution in [0.15, 0.2) is 53.5 Å². The van der Waals surface area contributed by atoms with Crippen molar-refractivity contribution in [2.75, 3.05) is 18.2 Å². The molecule has 1 amide bonds. The van der Waals surface area contributed by atoms with Gasteiger partial charge in [-0.2, -0.15) is 0 Å². The fraction of sp³-hybridized carbons (Fsp3) is 0.158. The van der Waals surface area contributed by atoms with E-state index < -0.39 is 5.97 Å². The van der Waals surface area contributed by atoms with Gasteiger partial charge in [0.1, 0.15) is 5.00 Å². The summed E-state index contributed by atoms with van der Waals surface area (Å²) in [6, 6.07) is 8.96. The van der Waals surface area contributed by atoms with Gasteiger partial charge in [-0.05, 0) is 23.6 Å². The molecule has 1 N–H and O–H groups in total. The van der Waals surface area contributed by atoms with Crippen LogP contribution >= 0.6 is 34.7 Å². The molecule has 2 aromatic heterocycles. The lowest BCUT2D eigenvalue weighted by Gasteiger charge is -2.09. The Labute approximate surface area is 180 Å². The van der Waals surface area contributed by atoms with Crippen molar-refractivity contribution in [2.45, 2.75) is 11.7 Å². The molecule has 0 bridgehead atoms. The number of carbonyl (C=O) groups excluding carboxylic acids is 2. The van der Waals surface area contributed by atoms with Crippen LogP contribution in [0.3, 0.4) is 0 Å². The van der Waals surface area contributed by atoms with Crippen LogP contribution in [0.5, 0.6) is 0 Å². The van der Waals surface area contributed by atoms with Crippen LogP contribution in [0.1, 0.15) is 10.4 Å². The van der Waals surface area contributed by atoms with Crippen molar-refractivity contribution in [1.29, 1.82) is 0 Å². The number of ether oxygens (including phenoxy) is 1. The van der Waals surface area contributed by atoms with Crippen LogP contribution in [0.2, 0.25) is 5.02 Å². The van der Waals surface area contributed by atoms with Crippen molar-refractivity contribution in [3.8, 4) is 11.4 Å². The summed E-state index contributed by atoms with van der Waals surface area (Å²) in [4.78, 5) is 24.1. The molecule has 1 aromatic carbocycles. The number of benzene rings is 1. The van der Waals surface area contributed by atoms with Crippen molar-refractivity contribution in [3.63, 3.8) is 0 Å². The molecular weight excluding hydrogens is 432 g/mol. The number of amides is 1. The van der Waals surface area contributed by atoms with E-state index in [9.17, 15) is 9.59 Å². The Kier molecular flexibility index (Phi) is 7.08. The molecule has 0 aliphatic carbocycles. The summed E-state index contributed by atoms with van der Waals surface area (Å²) in [6.45, 7) is 4.24. The number of thioether (sulfide) groups is 1. The second kappa shape index (κ2) is 9.73. The largest absolute Gasteiger partial charge is 0.465 e. The number of aromatic nitrogens is 3. The average molecular weight is 449 g/mol. The van der Waals surface area contributed by atoms with Gasteiger partial charge in [-0.3, -0.25) is 9.36 Å². The van der Waals surface area contributed by atoms with Crippen molar-refractivity contribution >= 4 is 51.6 Å². The molecule has 7 nitrogen and oxygen atoms in total. The summed E-state index contributed by atoms with van der Waals surface area (Å²) in [5, 5.41) is 14.5. The zero-order valence-corrected chi connectivity index (χ0v) is 17.8. The number of nitrogens with zero attached hydrogens (tertiary/aromatic N) is 3. The van der Waals surface area contributed by atoms with E-state index in [0.29, 0.717) is 33.1 Å². The summed E-state index contributed by atoms with van der Waals surface area (Å²) < 4.78 is 6.56. The highest BCUT2D eigenvalue weighted by molar-refractivity contribution is 7.99. The predicted molar refractivity (Wildman–Crippen MR) is 116 cm³/mol. The number of hydrogen-bond donors (Lipinski definition) is 1. The predicted octanol–water partition coefficient (Wildman–Crippen LogP) is 4.36. The zero-order chi connectivity index (χ0) is 20.8. The van der Waals surface area contributed by atoms with Gasteiger partial charge in [-0.15, -0.1) is 28.1 Å². The quantitative estimate of drug-likeness (QED) is 0.313. The third-order valence-electron chi connectivity index (χ3n) is 3.80. The minimum Gasteiger partial charge on any atom is -0.465 e. The Morgan fingerprint density at radius 1 is 1.34 bits per heavy atom. The SMILES string of the molecule is C=CCn1c(SCC(=O)Nc2sccc2C(=O)OC)nnc1-c1ccccc1Cl. The number of esters is 1. The van der Waals surface area contributed by atoms with Gasteiger partial charge in [-0.25, -0.2) is 4.79 Å². The van der Waals surface area contributed by atoms with E-state index in [1.165, 1.54) is 30.2 Å². The Balaban J connectivity index is 1.73. The highest BCUT2D eigenvalue weighted by Crippen LogP contribution is 2.30. The van der Waals surface area contributed by atoms with Crippen molar-refractivity contribution in [2.24, 2.45) is 0 Å².